The zero-order chi connectivity index (χ0) is 74.0. The van der Waals surface area contributed by atoms with Crippen LogP contribution in [0.4, 0.5) is 69.3 Å². The summed E-state index contributed by atoms with van der Waals surface area (Å²) < 4.78 is 208. The summed E-state index contributed by atoms with van der Waals surface area (Å²) in [7, 11) is -26.1. The molecule has 0 fully saturated rings. The minimum Gasteiger partial charge on any atom is -0.871 e. The van der Waals surface area contributed by atoms with E-state index in [2.05, 4.69) is 80.0 Å². The van der Waals surface area contributed by atoms with Gasteiger partial charge in [-0.25, -0.2) is 42.0 Å². The van der Waals surface area contributed by atoms with Gasteiger partial charge in [0.1, 0.15) is 43.1 Å². The molecule has 106 heavy (non-hydrogen) atoms. The number of methoxy groups -OCH3 is 2. The number of rotatable bonds is 27. The molecule has 0 aliphatic heterocycles. The van der Waals surface area contributed by atoms with Crippen LogP contribution in [0, 0.1) is 13.8 Å². The molecule has 0 bridgehead atoms. The minimum atomic E-state index is -5.43. The van der Waals surface area contributed by atoms with Gasteiger partial charge in [0.25, 0.3) is 0 Å². The molecule has 2 aromatic heterocycles. The predicted molar refractivity (Wildman–Crippen MR) is 360 cm³/mol. The van der Waals surface area contributed by atoms with Crippen molar-refractivity contribution >= 4 is 175 Å². The monoisotopic (exact) mass is 1640 g/mol. The number of benzene rings is 8. The molecule has 10 aromatic rings. The van der Waals surface area contributed by atoms with Crippen LogP contribution in [0.3, 0.4) is 0 Å². The van der Waals surface area contributed by atoms with Gasteiger partial charge in [0.05, 0.1) is 69.9 Å². The molecule has 48 heteroatoms. The fourth-order valence-corrected chi connectivity index (χ4v) is 14.3. The molecule has 0 aliphatic carbocycles. The SMILES string of the molecule is COc1cc(-c2cc(OC)c(N=Nc3c(S(=O)(=O)[O-])cc4cc(Nc5nc(Cl)nc(Nc6ccc(S(=O)(=O)CCOS(=O)(=O)O)cc6)n5)ccc4c3[O-])cc2C)c(C)cc1N=Nc1c(S(=O)(=O)[O-])cc2cc(Nc3nc(Cl)nc(Nc4ccc(S(=O)(=O)CCOS(=O)(=O)O)cc4)n3)ccc2c1[O-].[Na+].[Na+].[Na+].[Na+]. The second kappa shape index (κ2) is 36.2. The van der Waals surface area contributed by atoms with Gasteiger partial charge in [0, 0.05) is 22.7 Å². The van der Waals surface area contributed by atoms with Crippen molar-refractivity contribution < 1.29 is 215 Å². The van der Waals surface area contributed by atoms with Gasteiger partial charge in [-0.1, -0.05) is 23.6 Å². The summed E-state index contributed by atoms with van der Waals surface area (Å²) >= 11 is 12.4. The maximum absolute atomic E-state index is 14.1. The first-order chi connectivity index (χ1) is 47.8. The third-order valence-electron chi connectivity index (χ3n) is 14.3. The molecule has 8 aromatic carbocycles. The van der Waals surface area contributed by atoms with Crippen LogP contribution in [0.15, 0.2) is 161 Å². The molecule has 0 spiro atoms. The average Bonchev–Trinajstić information content (AvgIpc) is 0.760. The molecule has 0 unspecified atom stereocenters. The van der Waals surface area contributed by atoms with Gasteiger partial charge < -0.3 is 50.1 Å². The van der Waals surface area contributed by atoms with Gasteiger partial charge in [-0.3, -0.25) is 9.11 Å². The molecule has 10 rings (SSSR count). The number of sulfone groups is 2. The molecule has 0 amide bonds. The smallest absolute Gasteiger partial charge is 0.871 e. The number of aryl methyl sites for hydroxylation is 2. The van der Waals surface area contributed by atoms with Gasteiger partial charge in [-0.15, -0.1) is 20.5 Å². The van der Waals surface area contributed by atoms with Crippen LogP contribution in [0.25, 0.3) is 32.7 Å². The third-order valence-corrected chi connectivity index (χ3v) is 20.7. The third kappa shape index (κ3) is 22.6. The number of nitrogens with one attached hydrogen (secondary N) is 4. The van der Waals surface area contributed by atoms with E-state index >= 15 is 0 Å². The normalized spacial score (nSPS) is 12.1. The zero-order valence-electron chi connectivity index (χ0n) is 56.1. The van der Waals surface area contributed by atoms with Crippen LogP contribution in [0.5, 0.6) is 23.0 Å². The van der Waals surface area contributed by atoms with E-state index < -0.39 is 118 Å². The quantitative estimate of drug-likeness (QED) is 0.0169. The summed E-state index contributed by atoms with van der Waals surface area (Å²) in [6.45, 7) is 1.67. The summed E-state index contributed by atoms with van der Waals surface area (Å²) in [4.78, 5) is 22.1. The first-order valence-corrected chi connectivity index (χ1v) is 37.9. The van der Waals surface area contributed by atoms with Crippen molar-refractivity contribution in [2.24, 2.45) is 20.5 Å². The number of anilines is 8. The van der Waals surface area contributed by atoms with Crippen molar-refractivity contribution in [2.75, 3.05) is 60.2 Å². The Morgan fingerprint density at radius 3 is 1.05 bits per heavy atom. The van der Waals surface area contributed by atoms with Crippen LogP contribution >= 0.6 is 23.2 Å². The Hall–Kier alpha value is -6.06. The van der Waals surface area contributed by atoms with E-state index in [1.165, 1.54) is 111 Å². The van der Waals surface area contributed by atoms with E-state index in [4.69, 9.17) is 41.8 Å². The maximum Gasteiger partial charge on any atom is 1.00 e. The average molecular weight is 1650 g/mol. The molecule has 36 nitrogen and oxygen atoms in total. The van der Waals surface area contributed by atoms with Crippen molar-refractivity contribution in [2.45, 2.75) is 33.4 Å². The van der Waals surface area contributed by atoms with Crippen LogP contribution < -0.4 is 159 Å². The number of fused-ring (bicyclic) bond motifs is 2. The van der Waals surface area contributed by atoms with Crippen LogP contribution in [-0.2, 0) is 69.1 Å². The molecule has 0 saturated carbocycles. The predicted octanol–water partition coefficient (Wildman–Crippen LogP) is -3.07. The second-order valence-electron chi connectivity index (χ2n) is 21.2. The van der Waals surface area contributed by atoms with E-state index in [-0.39, 0.29) is 230 Å². The molecule has 534 valence electrons. The molecule has 0 atom stereocenters. The number of ether oxygens (including phenoxy) is 2. The molecule has 0 saturated heterocycles. The van der Waals surface area contributed by atoms with Crippen LogP contribution in [0.2, 0.25) is 10.6 Å². The van der Waals surface area contributed by atoms with Gasteiger partial charge in [0.2, 0.25) is 34.4 Å². The number of azo groups is 2. The Morgan fingerprint density at radius 2 is 0.745 bits per heavy atom. The number of hydrogen-bond donors (Lipinski definition) is 6. The molecule has 6 N–H and O–H groups in total. The second-order valence-corrected chi connectivity index (χ2v) is 30.9. The van der Waals surface area contributed by atoms with Crippen molar-refractivity contribution in [1.82, 2.24) is 29.9 Å². The topological polar surface area (TPSA) is 549 Å². The van der Waals surface area contributed by atoms with Gasteiger partial charge in [-0.2, -0.15) is 46.7 Å². The van der Waals surface area contributed by atoms with Crippen molar-refractivity contribution in [3.05, 3.63) is 143 Å². The van der Waals surface area contributed by atoms with Gasteiger partial charge in [0.15, 0.2) is 19.7 Å². The molecule has 2 heterocycles. The Balaban J connectivity index is 0.00000440. The number of halogens is 2. The Morgan fingerprint density at radius 1 is 0.434 bits per heavy atom. The zero-order valence-corrected chi connectivity index (χ0v) is 70.5. The number of nitrogens with zero attached hydrogens (tertiary/aromatic N) is 10. The summed E-state index contributed by atoms with van der Waals surface area (Å²) in [5.74, 6) is -4.08. The fourth-order valence-electron chi connectivity index (χ4n) is 9.68. The van der Waals surface area contributed by atoms with Gasteiger partial charge >= 0.3 is 139 Å². The first kappa shape index (κ1) is 88.8. The number of hydrogen-bond acceptors (Lipinski definition) is 34. The Kier molecular flexibility index (Phi) is 30.3. The molecular formula is C58H46Cl2N14Na4O22S6. The maximum atomic E-state index is 14.1. The minimum absolute atomic E-state index is 0. The van der Waals surface area contributed by atoms with E-state index in [0.717, 1.165) is 12.1 Å². The summed E-state index contributed by atoms with van der Waals surface area (Å²) in [5, 5.41) is 54.8. The largest absolute Gasteiger partial charge is 1.00 e. The summed E-state index contributed by atoms with van der Waals surface area (Å²) in [5.41, 5.74) is 1.16. The molecule has 0 aliphatic rings. The summed E-state index contributed by atoms with van der Waals surface area (Å²) in [6, 6.07) is 26.1. The number of aromatic nitrogens is 6. The van der Waals surface area contributed by atoms with E-state index in [1.807, 2.05) is 0 Å². The Bertz CT molecular complexity index is 5490. The van der Waals surface area contributed by atoms with E-state index in [0.29, 0.717) is 22.3 Å². The van der Waals surface area contributed by atoms with Crippen LogP contribution in [-0.4, -0.2) is 138 Å². The molecular weight excluding hydrogens is 1600 g/mol. The summed E-state index contributed by atoms with van der Waals surface area (Å²) in [6.07, 6.45) is 0. The van der Waals surface area contributed by atoms with Crippen molar-refractivity contribution in [1.29, 1.82) is 0 Å². The standard InChI is InChI=1S/C58H50Cl2N14O22S6.4Na/c1-29-21-43(71-73-49-47(99(81,82)83)25-31-23-35(9-15-39(31)51(49)75)63-57-67-53(59)65-55(69-57)61-33-5-11-37(12-6-33)97(77,78)19-17-95-101(87,88)89)45(93-3)27-41(29)42-28-46(94-4)44(22-30(42)2)72-74-50-48(100(84,85)86)26-32-24-36(10-16-40(32)52(50)76)64-58-68-54(60)66-56(70-58)62-34-7-13-38(14-8-34)98(79,80)20-18-96-102(90,91)92;;;;/h5-16,21-28,75-76H,17-20H2,1-4H3,(H,81,82,83)(H,84,85,86)(H,87,88,89)(H,90,91,92)(H2,61,63,65,67,69)(H2,62,64,66,68,70);;;;/q;4*+1/p-4. The van der Waals surface area contributed by atoms with Crippen molar-refractivity contribution in [3.8, 4) is 34.1 Å². The van der Waals surface area contributed by atoms with Gasteiger partial charge in [-0.05, 0) is 190 Å². The van der Waals surface area contributed by atoms with Crippen LogP contribution in [0.1, 0.15) is 11.1 Å². The van der Waals surface area contributed by atoms with Crippen molar-refractivity contribution in [3.63, 3.8) is 0 Å². The van der Waals surface area contributed by atoms with E-state index in [1.54, 1.807) is 26.0 Å². The fraction of sp³-hybridized carbons (Fsp3) is 0.138. The van der Waals surface area contributed by atoms with E-state index in [9.17, 15) is 69.8 Å². The Labute approximate surface area is 702 Å². The first-order valence-electron chi connectivity index (χ1n) is 28.3. The molecule has 0 radical (unpaired) electrons.